The number of amides is 4. The second-order valence-corrected chi connectivity index (χ2v) is 19.5. The smallest absolute Gasteiger partial charge is 0.417 e. The molecule has 2 fully saturated rings. The Balaban J connectivity index is 0.865. The summed E-state index contributed by atoms with van der Waals surface area (Å²) in [6.45, 7) is 10.1. The Morgan fingerprint density at radius 2 is 1.64 bits per heavy atom. The van der Waals surface area contributed by atoms with E-state index in [2.05, 4.69) is 15.6 Å². The number of hydrogen-bond acceptors (Lipinski definition) is 12. The summed E-state index contributed by atoms with van der Waals surface area (Å²) in [5, 5.41) is 25.4. The highest BCUT2D eigenvalue weighted by atomic mass is 32.1. The maximum absolute atomic E-state index is 13.9. The van der Waals surface area contributed by atoms with Gasteiger partial charge in [-0.2, -0.15) is 18.4 Å². The zero-order valence-electron chi connectivity index (χ0n) is 39.0. The summed E-state index contributed by atoms with van der Waals surface area (Å²) in [6.07, 6.45) is -1.89. The predicted molar refractivity (Wildman–Crippen MR) is 257 cm³/mol. The number of hydrogen-bond donors (Lipinski definition) is 3. The number of ether oxygens (including phenoxy) is 3. The van der Waals surface area contributed by atoms with Crippen LogP contribution in [-0.4, -0.2) is 107 Å². The summed E-state index contributed by atoms with van der Waals surface area (Å²) in [5.41, 5.74) is 0.451. The lowest BCUT2D eigenvalue weighted by atomic mass is 9.85. The number of likely N-dealkylation sites (tertiary alicyclic amines) is 1. The molecule has 0 bridgehead atoms. The van der Waals surface area contributed by atoms with Gasteiger partial charge in [-0.25, -0.2) is 0 Å². The molecule has 3 atom stereocenters. The van der Waals surface area contributed by atoms with Gasteiger partial charge in [-0.1, -0.05) is 45.0 Å². The minimum Gasteiger partial charge on any atom is -0.494 e. The van der Waals surface area contributed by atoms with Crippen molar-refractivity contribution < 1.29 is 51.7 Å². The van der Waals surface area contributed by atoms with E-state index in [0.717, 1.165) is 33.0 Å². The fourth-order valence-electron chi connectivity index (χ4n) is 7.95. The van der Waals surface area contributed by atoms with E-state index >= 15 is 0 Å². The quantitative estimate of drug-likeness (QED) is 0.0609. The number of alkyl halides is 3. The number of rotatable bonds is 20. The Morgan fingerprint density at radius 3 is 2.29 bits per heavy atom. The predicted octanol–water partition coefficient (Wildman–Crippen LogP) is 7.01. The van der Waals surface area contributed by atoms with Gasteiger partial charge in [0.1, 0.15) is 30.0 Å². The molecule has 368 valence electrons. The van der Waals surface area contributed by atoms with Gasteiger partial charge in [0.2, 0.25) is 17.7 Å². The van der Waals surface area contributed by atoms with Crippen LogP contribution in [-0.2, 0) is 41.4 Å². The number of carbonyl (C=O) groups is 4. The standard InChI is InChI=1S/C49H56F3N7O8S2/c1-47(2,3)42(44(63)57-28-36(60)24-39(57)43(62)55-26-31-9-11-32(12-10-31)40-27-54-30-69-40)56-41(61)29-66-21-8-20-65-19-6-7-22-67-37-17-15-34(16-18-37)59-46(68)58(45(64)48(59,4)5)35-14-13-33(25-53)38(23-35)49(50,51)52/h9-18,23,27,30,36,39,42,60H,6-8,19-22,24,26,28-29H2,1-5H3,(H,55,62)(H,56,61)/t36-,39+,42-/m1/s1. The minimum absolute atomic E-state index is 0.00686. The summed E-state index contributed by atoms with van der Waals surface area (Å²) < 4.78 is 58.3. The lowest BCUT2D eigenvalue weighted by Crippen LogP contribution is -2.58. The molecule has 3 N–H and O–H groups in total. The number of anilines is 2. The summed E-state index contributed by atoms with van der Waals surface area (Å²) >= 11 is 7.15. The van der Waals surface area contributed by atoms with Crippen LogP contribution in [0.5, 0.6) is 5.75 Å². The van der Waals surface area contributed by atoms with Crippen LogP contribution in [0.3, 0.4) is 0 Å². The number of aromatic nitrogens is 1. The van der Waals surface area contributed by atoms with Gasteiger partial charge in [0, 0.05) is 51.2 Å². The molecular weight excluding hydrogens is 936 g/mol. The normalized spacial score (nSPS) is 17.5. The molecule has 3 aromatic carbocycles. The van der Waals surface area contributed by atoms with E-state index in [1.807, 2.05) is 45.0 Å². The van der Waals surface area contributed by atoms with E-state index < -0.39 is 64.2 Å². The Labute approximate surface area is 408 Å². The molecule has 0 saturated carbocycles. The number of benzene rings is 3. The van der Waals surface area contributed by atoms with E-state index in [9.17, 15) is 42.7 Å². The minimum atomic E-state index is -4.80. The largest absolute Gasteiger partial charge is 0.494 e. The number of β-amino-alcohol motifs (C(OH)–C–C–N with tert-alkyl or cyclic N) is 1. The van der Waals surface area contributed by atoms with Crippen LogP contribution in [0.25, 0.3) is 10.4 Å². The number of carbonyl (C=O) groups excluding carboxylic acids is 4. The highest BCUT2D eigenvalue weighted by Gasteiger charge is 2.51. The van der Waals surface area contributed by atoms with Gasteiger partial charge in [0.25, 0.3) is 5.91 Å². The van der Waals surface area contributed by atoms with Crippen LogP contribution in [0.4, 0.5) is 24.5 Å². The summed E-state index contributed by atoms with van der Waals surface area (Å²) in [6, 6.07) is 17.3. The third kappa shape index (κ3) is 13.0. The molecule has 4 amide bonds. The van der Waals surface area contributed by atoms with Crippen molar-refractivity contribution in [2.45, 2.75) is 96.7 Å². The van der Waals surface area contributed by atoms with Crippen LogP contribution in [0.1, 0.15) is 77.0 Å². The molecule has 15 nitrogen and oxygen atoms in total. The lowest BCUT2D eigenvalue weighted by Gasteiger charge is -2.35. The van der Waals surface area contributed by atoms with Gasteiger partial charge in [0.05, 0.1) is 46.0 Å². The van der Waals surface area contributed by atoms with Crippen molar-refractivity contribution in [1.29, 1.82) is 5.26 Å². The summed E-state index contributed by atoms with van der Waals surface area (Å²) in [7, 11) is 0. The summed E-state index contributed by atoms with van der Waals surface area (Å²) in [5.74, 6) is -1.30. The number of thiocarbonyl (C=S) groups is 1. The van der Waals surface area contributed by atoms with Crippen molar-refractivity contribution in [3.05, 3.63) is 95.1 Å². The number of nitrogens with one attached hydrogen (secondary N) is 2. The molecular formula is C49H56F3N7O8S2. The van der Waals surface area contributed by atoms with Crippen molar-refractivity contribution >= 4 is 63.7 Å². The first-order valence-electron chi connectivity index (χ1n) is 22.4. The molecule has 2 aliphatic heterocycles. The fraction of sp³-hybridized carbons (Fsp3) is 0.449. The fourth-order valence-corrected chi connectivity index (χ4v) is 9.10. The number of aliphatic hydroxyl groups excluding tert-OH is 1. The van der Waals surface area contributed by atoms with Crippen molar-refractivity contribution in [2.75, 3.05) is 49.4 Å². The van der Waals surface area contributed by atoms with Gasteiger partial charge < -0.3 is 39.8 Å². The lowest BCUT2D eigenvalue weighted by molar-refractivity contribution is -0.144. The zero-order valence-corrected chi connectivity index (χ0v) is 40.6. The Kier molecular flexibility index (Phi) is 17.2. The molecule has 6 rings (SSSR count). The Bertz CT molecular complexity index is 2490. The monoisotopic (exact) mass is 991 g/mol. The van der Waals surface area contributed by atoms with Crippen molar-refractivity contribution in [2.24, 2.45) is 5.41 Å². The van der Waals surface area contributed by atoms with Crippen LogP contribution in [0, 0.1) is 16.7 Å². The average Bonchev–Trinajstić information content (AvgIpc) is 4.03. The topological polar surface area (TPSA) is 187 Å². The van der Waals surface area contributed by atoms with Crippen LogP contribution < -0.4 is 25.2 Å². The van der Waals surface area contributed by atoms with E-state index in [4.69, 9.17) is 26.4 Å². The highest BCUT2D eigenvalue weighted by Crippen LogP contribution is 2.40. The van der Waals surface area contributed by atoms with Crippen molar-refractivity contribution in [3.63, 3.8) is 0 Å². The Morgan fingerprint density at radius 1 is 0.971 bits per heavy atom. The van der Waals surface area contributed by atoms with Crippen molar-refractivity contribution in [3.8, 4) is 22.3 Å². The number of unbranched alkanes of at least 4 members (excludes halogenated alkanes) is 1. The zero-order chi connectivity index (χ0) is 50.1. The molecule has 2 saturated heterocycles. The Hall–Kier alpha value is -5.98. The third-order valence-corrected chi connectivity index (χ3v) is 12.8. The van der Waals surface area contributed by atoms with Gasteiger partial charge in [-0.3, -0.25) is 29.1 Å². The molecule has 69 heavy (non-hydrogen) atoms. The number of halogens is 3. The molecule has 3 heterocycles. The SMILES string of the molecule is CC(C)(C)[C@H](NC(=O)COCCCOCCCCOc1ccc(N2C(=S)N(c3ccc(C#N)c(C(F)(F)F)c3)C(=O)C2(C)C)cc1)C(=O)N1C[C@H](O)C[C@H]1C(=O)NCc1ccc(-c2cncs2)cc1. The van der Waals surface area contributed by atoms with Crippen molar-refractivity contribution in [1.82, 2.24) is 20.5 Å². The summed E-state index contributed by atoms with van der Waals surface area (Å²) in [4.78, 5) is 62.9. The average molecular weight is 992 g/mol. The second kappa shape index (κ2) is 22.6. The van der Waals surface area contributed by atoms with Gasteiger partial charge in [0.15, 0.2) is 5.11 Å². The number of nitriles is 1. The molecule has 0 radical (unpaired) electrons. The van der Waals surface area contributed by atoms with Crippen LogP contribution in [0.15, 0.2) is 78.4 Å². The molecule has 20 heteroatoms. The molecule has 2 aliphatic rings. The first kappa shape index (κ1) is 52.4. The third-order valence-electron chi connectivity index (χ3n) is 11.6. The molecule has 0 unspecified atom stereocenters. The second-order valence-electron chi connectivity index (χ2n) is 18.3. The van der Waals surface area contributed by atoms with Gasteiger partial charge in [-0.15, -0.1) is 11.3 Å². The van der Waals surface area contributed by atoms with Gasteiger partial charge in [-0.05, 0) is 104 Å². The van der Waals surface area contributed by atoms with E-state index in [1.165, 1.54) is 22.3 Å². The van der Waals surface area contributed by atoms with Crippen LogP contribution in [0.2, 0.25) is 0 Å². The molecule has 4 aromatic rings. The van der Waals surface area contributed by atoms with E-state index in [0.29, 0.717) is 50.5 Å². The number of nitrogens with zero attached hydrogens (tertiary/aromatic N) is 5. The van der Waals surface area contributed by atoms with Gasteiger partial charge >= 0.3 is 6.18 Å². The highest BCUT2D eigenvalue weighted by molar-refractivity contribution is 7.81. The molecule has 0 aliphatic carbocycles. The molecule has 0 spiro atoms. The first-order chi connectivity index (χ1) is 32.7. The number of aliphatic hydroxyl groups is 1. The molecule has 1 aromatic heterocycles. The number of thiazole rings is 1. The van der Waals surface area contributed by atoms with E-state index in [-0.39, 0.29) is 49.4 Å². The maximum atomic E-state index is 13.9. The van der Waals surface area contributed by atoms with Crippen LogP contribution >= 0.6 is 23.6 Å². The van der Waals surface area contributed by atoms with E-state index in [1.54, 1.807) is 60.8 Å². The maximum Gasteiger partial charge on any atom is 0.417 e. The first-order valence-corrected chi connectivity index (χ1v) is 23.7.